The van der Waals surface area contributed by atoms with Crippen LogP contribution in [0.25, 0.3) is 0 Å². The van der Waals surface area contributed by atoms with E-state index in [0.717, 1.165) is 19.6 Å². The quantitative estimate of drug-likeness (QED) is 0.916. The van der Waals surface area contributed by atoms with Crippen LogP contribution >= 0.6 is 0 Å². The van der Waals surface area contributed by atoms with Gasteiger partial charge in [-0.25, -0.2) is 0 Å². The van der Waals surface area contributed by atoms with Crippen molar-refractivity contribution in [3.05, 3.63) is 70.8 Å². The predicted octanol–water partition coefficient (Wildman–Crippen LogP) is 3.96. The maximum Gasteiger partial charge on any atom is 0.0952 e. The zero-order chi connectivity index (χ0) is 14.7. The summed E-state index contributed by atoms with van der Waals surface area (Å²) in [5, 5.41) is 3.63. The van der Waals surface area contributed by atoms with Gasteiger partial charge >= 0.3 is 0 Å². The van der Waals surface area contributed by atoms with Crippen molar-refractivity contribution in [2.24, 2.45) is 0 Å². The molecule has 1 heterocycles. The van der Waals surface area contributed by atoms with Crippen molar-refractivity contribution < 1.29 is 4.74 Å². The van der Waals surface area contributed by atoms with Gasteiger partial charge in [0.2, 0.25) is 0 Å². The maximum atomic E-state index is 5.96. The number of ether oxygens (including phenoxy) is 1. The highest BCUT2D eigenvalue weighted by Crippen LogP contribution is 2.27. The van der Waals surface area contributed by atoms with E-state index in [1.165, 1.54) is 22.3 Å². The van der Waals surface area contributed by atoms with Crippen molar-refractivity contribution in [1.82, 2.24) is 5.32 Å². The molecule has 0 aliphatic carbocycles. The number of aryl methyl sites for hydroxylation is 1. The lowest BCUT2D eigenvalue weighted by Gasteiger charge is -2.28. The summed E-state index contributed by atoms with van der Waals surface area (Å²) >= 11 is 0. The van der Waals surface area contributed by atoms with E-state index >= 15 is 0 Å². The standard InChI is InChI=1S/C19H23NO/c1-14-7-3-5-9-17(14)15(2)20-13-19-18-10-6-4-8-16(18)11-12-21-19/h3-10,15,19-20H,11-13H2,1-2H3/t15-,19?/m0/s1. The van der Waals surface area contributed by atoms with E-state index in [4.69, 9.17) is 4.74 Å². The fraction of sp³-hybridized carbons (Fsp3) is 0.368. The Bertz CT molecular complexity index is 608. The van der Waals surface area contributed by atoms with Crippen LogP contribution in [-0.4, -0.2) is 13.2 Å². The monoisotopic (exact) mass is 281 g/mol. The highest BCUT2D eigenvalue weighted by atomic mass is 16.5. The first-order valence-electron chi connectivity index (χ1n) is 7.74. The van der Waals surface area contributed by atoms with Crippen molar-refractivity contribution in [1.29, 1.82) is 0 Å². The number of benzene rings is 2. The van der Waals surface area contributed by atoms with Gasteiger partial charge in [-0.2, -0.15) is 0 Å². The highest BCUT2D eigenvalue weighted by Gasteiger charge is 2.21. The molecular weight excluding hydrogens is 258 g/mol. The fourth-order valence-electron chi connectivity index (χ4n) is 3.11. The Morgan fingerprint density at radius 2 is 1.90 bits per heavy atom. The van der Waals surface area contributed by atoms with Gasteiger partial charge in [0.15, 0.2) is 0 Å². The average molecular weight is 281 g/mol. The Kier molecular flexibility index (Phi) is 4.37. The molecule has 2 aromatic rings. The van der Waals surface area contributed by atoms with Gasteiger partial charge in [0, 0.05) is 12.6 Å². The fourth-order valence-corrected chi connectivity index (χ4v) is 3.11. The zero-order valence-corrected chi connectivity index (χ0v) is 12.8. The summed E-state index contributed by atoms with van der Waals surface area (Å²) in [6, 6.07) is 17.5. The molecule has 21 heavy (non-hydrogen) atoms. The third-order valence-electron chi connectivity index (χ3n) is 4.36. The third-order valence-corrected chi connectivity index (χ3v) is 4.36. The molecule has 1 N–H and O–H groups in total. The lowest BCUT2D eigenvalue weighted by molar-refractivity contribution is 0.0409. The number of nitrogens with one attached hydrogen (secondary N) is 1. The van der Waals surface area contributed by atoms with Crippen LogP contribution in [0.15, 0.2) is 48.5 Å². The first-order chi connectivity index (χ1) is 10.3. The molecule has 110 valence electrons. The smallest absolute Gasteiger partial charge is 0.0952 e. The SMILES string of the molecule is Cc1ccccc1[C@H](C)NCC1OCCc2ccccc21. The number of rotatable bonds is 4. The Hall–Kier alpha value is -1.64. The second-order valence-electron chi connectivity index (χ2n) is 5.79. The van der Waals surface area contributed by atoms with Gasteiger partial charge in [0.25, 0.3) is 0 Å². The van der Waals surface area contributed by atoms with E-state index in [1.54, 1.807) is 0 Å². The molecule has 0 radical (unpaired) electrons. The highest BCUT2D eigenvalue weighted by molar-refractivity contribution is 5.31. The lowest BCUT2D eigenvalue weighted by atomic mass is 9.97. The Morgan fingerprint density at radius 1 is 1.14 bits per heavy atom. The van der Waals surface area contributed by atoms with Crippen LogP contribution in [0.4, 0.5) is 0 Å². The van der Waals surface area contributed by atoms with Gasteiger partial charge in [0.05, 0.1) is 12.7 Å². The molecular formula is C19H23NO. The number of fused-ring (bicyclic) bond motifs is 1. The van der Waals surface area contributed by atoms with Gasteiger partial charge in [-0.05, 0) is 42.5 Å². The molecule has 0 aromatic heterocycles. The van der Waals surface area contributed by atoms with Crippen LogP contribution < -0.4 is 5.32 Å². The van der Waals surface area contributed by atoms with Crippen molar-refractivity contribution in [2.75, 3.05) is 13.2 Å². The van der Waals surface area contributed by atoms with Gasteiger partial charge < -0.3 is 10.1 Å². The molecule has 0 saturated carbocycles. The summed E-state index contributed by atoms with van der Waals surface area (Å²) in [6.45, 7) is 6.06. The minimum absolute atomic E-state index is 0.168. The molecule has 0 fully saturated rings. The van der Waals surface area contributed by atoms with Gasteiger partial charge in [0.1, 0.15) is 0 Å². The summed E-state index contributed by atoms with van der Waals surface area (Å²) in [5.41, 5.74) is 5.47. The molecule has 2 aromatic carbocycles. The lowest BCUT2D eigenvalue weighted by Crippen LogP contribution is -2.29. The normalized spacial score (nSPS) is 19.0. The second-order valence-corrected chi connectivity index (χ2v) is 5.79. The molecule has 2 heteroatoms. The second kappa shape index (κ2) is 6.42. The molecule has 3 rings (SSSR count). The molecule has 1 unspecified atom stereocenters. The van der Waals surface area contributed by atoms with E-state index in [1.807, 2.05) is 0 Å². The Balaban J connectivity index is 1.67. The molecule has 1 aliphatic heterocycles. The first kappa shape index (κ1) is 14.3. The Labute approximate surface area is 127 Å². The summed E-state index contributed by atoms with van der Waals surface area (Å²) < 4.78 is 5.96. The van der Waals surface area contributed by atoms with Crippen LogP contribution in [0, 0.1) is 6.92 Å². The van der Waals surface area contributed by atoms with Crippen molar-refractivity contribution >= 4 is 0 Å². The van der Waals surface area contributed by atoms with Crippen molar-refractivity contribution in [3.8, 4) is 0 Å². The maximum absolute atomic E-state index is 5.96. The molecule has 0 amide bonds. The topological polar surface area (TPSA) is 21.3 Å². The van der Waals surface area contributed by atoms with Crippen LogP contribution in [0.1, 0.15) is 41.3 Å². The van der Waals surface area contributed by atoms with Crippen LogP contribution in [0.2, 0.25) is 0 Å². The van der Waals surface area contributed by atoms with Gasteiger partial charge in [-0.15, -0.1) is 0 Å². The minimum atomic E-state index is 0.168. The average Bonchev–Trinajstić information content (AvgIpc) is 2.53. The van der Waals surface area contributed by atoms with E-state index in [0.29, 0.717) is 6.04 Å². The first-order valence-corrected chi connectivity index (χ1v) is 7.74. The van der Waals surface area contributed by atoms with Crippen molar-refractivity contribution in [2.45, 2.75) is 32.4 Å². The molecule has 0 saturated heterocycles. The number of hydrogen-bond acceptors (Lipinski definition) is 2. The van der Waals surface area contributed by atoms with Gasteiger partial charge in [-0.1, -0.05) is 48.5 Å². The van der Waals surface area contributed by atoms with E-state index in [2.05, 4.69) is 67.7 Å². The van der Waals surface area contributed by atoms with Crippen molar-refractivity contribution in [3.63, 3.8) is 0 Å². The molecule has 1 aliphatic rings. The summed E-state index contributed by atoms with van der Waals surface area (Å²) in [4.78, 5) is 0. The third kappa shape index (κ3) is 3.17. The zero-order valence-electron chi connectivity index (χ0n) is 12.8. The predicted molar refractivity (Wildman–Crippen MR) is 86.4 cm³/mol. The van der Waals surface area contributed by atoms with Crippen LogP contribution in [0.3, 0.4) is 0 Å². The molecule has 2 nitrogen and oxygen atoms in total. The molecule has 2 atom stereocenters. The molecule has 0 spiro atoms. The van der Waals surface area contributed by atoms with E-state index in [9.17, 15) is 0 Å². The Morgan fingerprint density at radius 3 is 2.76 bits per heavy atom. The summed E-state index contributed by atoms with van der Waals surface area (Å²) in [5.74, 6) is 0. The minimum Gasteiger partial charge on any atom is -0.372 e. The van der Waals surface area contributed by atoms with E-state index in [-0.39, 0.29) is 6.10 Å². The number of hydrogen-bond donors (Lipinski definition) is 1. The van der Waals surface area contributed by atoms with Crippen LogP contribution in [0.5, 0.6) is 0 Å². The van der Waals surface area contributed by atoms with Gasteiger partial charge in [-0.3, -0.25) is 0 Å². The summed E-state index contributed by atoms with van der Waals surface area (Å²) in [7, 11) is 0. The van der Waals surface area contributed by atoms with Crippen LogP contribution in [-0.2, 0) is 11.2 Å². The summed E-state index contributed by atoms with van der Waals surface area (Å²) in [6.07, 6.45) is 1.20. The largest absolute Gasteiger partial charge is 0.372 e. The molecule has 0 bridgehead atoms. The van der Waals surface area contributed by atoms with E-state index < -0.39 is 0 Å².